The molecule has 1 aromatic heterocycles. The van der Waals surface area contributed by atoms with Crippen LogP contribution in [0.5, 0.6) is 0 Å². The second-order valence-corrected chi connectivity index (χ2v) is 4.67. The summed E-state index contributed by atoms with van der Waals surface area (Å²) in [5.74, 6) is -2.76. The molecule has 2 amide bonds. The summed E-state index contributed by atoms with van der Waals surface area (Å²) in [4.78, 5) is 37.8. The van der Waals surface area contributed by atoms with E-state index in [9.17, 15) is 14.4 Å². The first-order valence-corrected chi connectivity index (χ1v) is 6.90. The van der Waals surface area contributed by atoms with E-state index in [4.69, 9.17) is 5.11 Å². The summed E-state index contributed by atoms with van der Waals surface area (Å²) in [5, 5.41) is 14.9. The molecule has 8 heteroatoms. The molecule has 8 nitrogen and oxygen atoms in total. The number of amides is 2. The van der Waals surface area contributed by atoms with Crippen molar-refractivity contribution in [3.8, 4) is 0 Å². The van der Waals surface area contributed by atoms with E-state index in [1.54, 1.807) is 24.5 Å². The number of hydrazone groups is 1. The monoisotopic (exact) mass is 326 g/mol. The molecule has 0 aliphatic carbocycles. The van der Waals surface area contributed by atoms with Crippen LogP contribution >= 0.6 is 0 Å². The van der Waals surface area contributed by atoms with Crippen LogP contribution in [0, 0.1) is 0 Å². The molecule has 1 heterocycles. The van der Waals surface area contributed by atoms with Crippen LogP contribution in [0.3, 0.4) is 0 Å². The SMILES string of the molecule is O=C(NCc1cccnc1)C(=O)N/N=C/c1ccc(C(=O)O)cc1. The molecule has 0 spiro atoms. The number of nitrogens with zero attached hydrogens (tertiary/aromatic N) is 2. The van der Waals surface area contributed by atoms with Gasteiger partial charge in [0.1, 0.15) is 0 Å². The minimum Gasteiger partial charge on any atom is -0.478 e. The zero-order valence-corrected chi connectivity index (χ0v) is 12.5. The van der Waals surface area contributed by atoms with Crippen LogP contribution in [0.2, 0.25) is 0 Å². The van der Waals surface area contributed by atoms with E-state index in [1.807, 2.05) is 0 Å². The van der Waals surface area contributed by atoms with E-state index in [-0.39, 0.29) is 12.1 Å². The van der Waals surface area contributed by atoms with Gasteiger partial charge in [0.25, 0.3) is 0 Å². The molecular weight excluding hydrogens is 312 g/mol. The predicted molar refractivity (Wildman–Crippen MR) is 85.2 cm³/mol. The van der Waals surface area contributed by atoms with Gasteiger partial charge in [-0.15, -0.1) is 0 Å². The molecule has 0 saturated carbocycles. The fraction of sp³-hybridized carbons (Fsp3) is 0.0625. The number of hydrogen-bond donors (Lipinski definition) is 3. The van der Waals surface area contributed by atoms with E-state index < -0.39 is 17.8 Å². The fourth-order valence-corrected chi connectivity index (χ4v) is 1.69. The van der Waals surface area contributed by atoms with Crippen molar-refractivity contribution in [3.05, 3.63) is 65.5 Å². The molecule has 122 valence electrons. The Morgan fingerprint density at radius 3 is 2.50 bits per heavy atom. The molecule has 0 unspecified atom stereocenters. The zero-order valence-electron chi connectivity index (χ0n) is 12.5. The molecule has 0 aliphatic heterocycles. The summed E-state index contributed by atoms with van der Waals surface area (Å²) in [5.41, 5.74) is 3.58. The van der Waals surface area contributed by atoms with Crippen molar-refractivity contribution in [2.45, 2.75) is 6.54 Å². The lowest BCUT2D eigenvalue weighted by Gasteiger charge is -2.03. The Bertz CT molecular complexity index is 757. The molecule has 2 rings (SSSR count). The van der Waals surface area contributed by atoms with Crippen molar-refractivity contribution in [2.75, 3.05) is 0 Å². The van der Waals surface area contributed by atoms with Gasteiger partial charge in [0.05, 0.1) is 11.8 Å². The van der Waals surface area contributed by atoms with E-state index in [2.05, 4.69) is 20.8 Å². The molecule has 0 atom stereocenters. The Labute approximate surface area is 137 Å². The maximum atomic E-state index is 11.6. The summed E-state index contributed by atoms with van der Waals surface area (Å²) >= 11 is 0. The zero-order chi connectivity index (χ0) is 17.4. The number of carboxylic acid groups (broad SMARTS) is 1. The van der Waals surface area contributed by atoms with Crippen LogP contribution in [-0.2, 0) is 16.1 Å². The highest BCUT2D eigenvalue weighted by molar-refractivity contribution is 6.35. The lowest BCUT2D eigenvalue weighted by molar-refractivity contribution is -0.139. The fourth-order valence-electron chi connectivity index (χ4n) is 1.69. The lowest BCUT2D eigenvalue weighted by Crippen LogP contribution is -2.37. The smallest absolute Gasteiger partial charge is 0.335 e. The Hall–Kier alpha value is -3.55. The van der Waals surface area contributed by atoms with Gasteiger partial charge in [0, 0.05) is 18.9 Å². The average molecular weight is 326 g/mol. The van der Waals surface area contributed by atoms with Crippen molar-refractivity contribution in [3.63, 3.8) is 0 Å². The molecule has 0 fully saturated rings. The van der Waals surface area contributed by atoms with Crippen LogP contribution in [0.25, 0.3) is 0 Å². The summed E-state index contributed by atoms with van der Waals surface area (Å²) in [6, 6.07) is 9.37. The average Bonchev–Trinajstić information content (AvgIpc) is 2.61. The van der Waals surface area contributed by atoms with Crippen LogP contribution in [-0.4, -0.2) is 34.1 Å². The van der Waals surface area contributed by atoms with E-state index in [1.165, 1.54) is 30.5 Å². The van der Waals surface area contributed by atoms with Gasteiger partial charge in [0.2, 0.25) is 0 Å². The molecule has 0 bridgehead atoms. The van der Waals surface area contributed by atoms with Crippen LogP contribution in [0.15, 0.2) is 53.9 Å². The molecule has 0 aliphatic rings. The third-order valence-electron chi connectivity index (χ3n) is 2.92. The molecular formula is C16H14N4O4. The first kappa shape index (κ1) is 16.8. The number of nitrogens with one attached hydrogen (secondary N) is 2. The number of aromatic nitrogens is 1. The summed E-state index contributed by atoms with van der Waals surface area (Å²) < 4.78 is 0. The van der Waals surface area contributed by atoms with Crippen molar-refractivity contribution in [1.82, 2.24) is 15.7 Å². The summed E-state index contributed by atoms with van der Waals surface area (Å²) in [6.07, 6.45) is 4.49. The number of hydrogen-bond acceptors (Lipinski definition) is 5. The Morgan fingerprint density at radius 2 is 1.88 bits per heavy atom. The number of carbonyl (C=O) groups is 3. The van der Waals surface area contributed by atoms with Gasteiger partial charge in [-0.05, 0) is 29.3 Å². The van der Waals surface area contributed by atoms with E-state index in [0.29, 0.717) is 5.56 Å². The largest absolute Gasteiger partial charge is 0.478 e. The Balaban J connectivity index is 1.81. The first-order chi connectivity index (χ1) is 11.6. The van der Waals surface area contributed by atoms with Crippen molar-refractivity contribution < 1.29 is 19.5 Å². The van der Waals surface area contributed by atoms with E-state index >= 15 is 0 Å². The quantitative estimate of drug-likeness (QED) is 0.421. The topological polar surface area (TPSA) is 121 Å². The Morgan fingerprint density at radius 1 is 1.12 bits per heavy atom. The minimum absolute atomic E-state index is 0.144. The van der Waals surface area contributed by atoms with Gasteiger partial charge in [-0.2, -0.15) is 5.10 Å². The number of benzene rings is 1. The van der Waals surface area contributed by atoms with Crippen molar-refractivity contribution in [1.29, 1.82) is 0 Å². The number of carboxylic acids is 1. The third kappa shape index (κ3) is 5.02. The van der Waals surface area contributed by atoms with Crippen LogP contribution in [0.1, 0.15) is 21.5 Å². The highest BCUT2D eigenvalue weighted by atomic mass is 16.4. The lowest BCUT2D eigenvalue weighted by atomic mass is 10.1. The predicted octanol–water partition coefficient (Wildman–Crippen LogP) is 0.546. The van der Waals surface area contributed by atoms with Gasteiger partial charge in [-0.3, -0.25) is 14.6 Å². The second-order valence-electron chi connectivity index (χ2n) is 4.67. The third-order valence-corrected chi connectivity index (χ3v) is 2.92. The first-order valence-electron chi connectivity index (χ1n) is 6.90. The minimum atomic E-state index is -1.03. The molecule has 3 N–H and O–H groups in total. The molecule has 0 saturated heterocycles. The number of aromatic carboxylic acids is 1. The van der Waals surface area contributed by atoms with Gasteiger partial charge in [-0.1, -0.05) is 18.2 Å². The Kier molecular flexibility index (Phi) is 5.73. The van der Waals surface area contributed by atoms with Crippen LogP contribution < -0.4 is 10.7 Å². The number of pyridine rings is 1. The highest BCUT2D eigenvalue weighted by Gasteiger charge is 2.11. The van der Waals surface area contributed by atoms with Gasteiger partial charge >= 0.3 is 17.8 Å². The second kappa shape index (κ2) is 8.18. The summed E-state index contributed by atoms with van der Waals surface area (Å²) in [6.45, 7) is 0.181. The molecule has 2 aromatic rings. The molecule has 1 aromatic carbocycles. The van der Waals surface area contributed by atoms with Gasteiger partial charge < -0.3 is 10.4 Å². The highest BCUT2D eigenvalue weighted by Crippen LogP contribution is 2.02. The molecule has 24 heavy (non-hydrogen) atoms. The number of carbonyl (C=O) groups excluding carboxylic acids is 2. The van der Waals surface area contributed by atoms with Gasteiger partial charge in [0.15, 0.2) is 0 Å². The standard InChI is InChI=1S/C16H14N4O4/c21-14(18-9-12-2-1-7-17-8-12)15(22)20-19-10-11-3-5-13(6-4-11)16(23)24/h1-8,10H,9H2,(H,18,21)(H,20,22)(H,23,24)/b19-10+. The normalized spacial score (nSPS) is 10.3. The molecule has 0 radical (unpaired) electrons. The van der Waals surface area contributed by atoms with E-state index in [0.717, 1.165) is 5.56 Å². The maximum absolute atomic E-state index is 11.6. The number of rotatable bonds is 5. The maximum Gasteiger partial charge on any atom is 0.335 e. The van der Waals surface area contributed by atoms with Crippen molar-refractivity contribution in [2.24, 2.45) is 5.10 Å². The van der Waals surface area contributed by atoms with Crippen molar-refractivity contribution >= 4 is 24.0 Å². The van der Waals surface area contributed by atoms with Crippen LogP contribution in [0.4, 0.5) is 0 Å². The summed E-state index contributed by atoms with van der Waals surface area (Å²) in [7, 11) is 0. The van der Waals surface area contributed by atoms with Gasteiger partial charge in [-0.25, -0.2) is 10.2 Å².